The molecule has 2 bridgehead atoms. The normalized spacial score (nSPS) is 42.0. The molecule has 2 aliphatic rings. The minimum Gasteiger partial charge on any atom is -0.412 e. The maximum Gasteiger partial charge on any atom is -0.0411 e. The van der Waals surface area contributed by atoms with Crippen molar-refractivity contribution < 1.29 is 5.48 Å². The standard InChI is InChI=1S/C7H12.H2O/c1-2-7-4-3-6(1)5-7;/h6-7H,1-5H2;1H2. The van der Waals surface area contributed by atoms with E-state index < -0.39 is 0 Å². The fourth-order valence-electron chi connectivity index (χ4n) is 2.17. The molecule has 1 heteroatoms. The Bertz CT molecular complexity index is 62.5. The molecule has 0 aliphatic heterocycles. The Balaban J connectivity index is 0.000000320. The van der Waals surface area contributed by atoms with Gasteiger partial charge in [-0.2, -0.15) is 0 Å². The lowest BCUT2D eigenvalue weighted by atomic mass is 10.0. The highest BCUT2D eigenvalue weighted by Gasteiger charge is 2.30. The minimum absolute atomic E-state index is 0. The smallest absolute Gasteiger partial charge is 0.0411 e. The van der Waals surface area contributed by atoms with E-state index in [1.54, 1.807) is 32.1 Å². The molecule has 0 spiro atoms. The average molecular weight is 114 g/mol. The van der Waals surface area contributed by atoms with Gasteiger partial charge >= 0.3 is 0 Å². The Morgan fingerprint density at radius 1 is 0.750 bits per heavy atom. The lowest BCUT2D eigenvalue weighted by Gasteiger charge is -2.05. The molecule has 48 valence electrons. The molecule has 0 aromatic rings. The van der Waals surface area contributed by atoms with Crippen molar-refractivity contribution >= 4 is 0 Å². The summed E-state index contributed by atoms with van der Waals surface area (Å²) in [5.74, 6) is 2.34. The molecule has 0 radical (unpaired) electrons. The molecule has 0 heterocycles. The first-order chi connectivity index (χ1) is 3.45. The van der Waals surface area contributed by atoms with Crippen molar-refractivity contribution in [2.75, 3.05) is 0 Å². The predicted octanol–water partition coefficient (Wildman–Crippen LogP) is 1.37. The van der Waals surface area contributed by atoms with Crippen molar-refractivity contribution in [1.29, 1.82) is 0 Å². The number of hydrogen-bond donors (Lipinski definition) is 0. The predicted molar refractivity (Wildman–Crippen MR) is 33.7 cm³/mol. The van der Waals surface area contributed by atoms with Gasteiger partial charge in [0.1, 0.15) is 0 Å². The van der Waals surface area contributed by atoms with Gasteiger partial charge < -0.3 is 5.48 Å². The lowest BCUT2D eigenvalue weighted by molar-refractivity contribution is 0.480. The molecule has 0 saturated heterocycles. The summed E-state index contributed by atoms with van der Waals surface area (Å²) in [6.45, 7) is 0. The highest BCUT2D eigenvalue weighted by molar-refractivity contribution is 4.82. The quantitative estimate of drug-likeness (QED) is 0.455. The summed E-state index contributed by atoms with van der Waals surface area (Å²) in [5.41, 5.74) is 0. The first kappa shape index (κ1) is 6.09. The first-order valence-corrected chi connectivity index (χ1v) is 3.45. The molecule has 2 N–H and O–H groups in total. The van der Waals surface area contributed by atoms with Crippen LogP contribution in [0.15, 0.2) is 0 Å². The van der Waals surface area contributed by atoms with Crippen LogP contribution in [0.25, 0.3) is 0 Å². The Hall–Kier alpha value is -0.0400. The van der Waals surface area contributed by atoms with Crippen molar-refractivity contribution in [3.8, 4) is 0 Å². The van der Waals surface area contributed by atoms with Gasteiger partial charge in [-0.05, 0) is 18.3 Å². The average Bonchev–Trinajstić information content (AvgIpc) is 2.22. The van der Waals surface area contributed by atoms with Gasteiger partial charge in [0.2, 0.25) is 0 Å². The molecule has 2 saturated carbocycles. The zero-order valence-electron chi connectivity index (χ0n) is 5.19. The SMILES string of the molecule is C1CC2CCC1C2.O. The van der Waals surface area contributed by atoms with Crippen LogP contribution in [-0.2, 0) is 0 Å². The van der Waals surface area contributed by atoms with Gasteiger partial charge in [-0.3, -0.25) is 0 Å². The van der Waals surface area contributed by atoms with Crippen molar-refractivity contribution in [3.63, 3.8) is 0 Å². The Morgan fingerprint density at radius 2 is 1.12 bits per heavy atom. The summed E-state index contributed by atoms with van der Waals surface area (Å²) in [5, 5.41) is 0. The summed E-state index contributed by atoms with van der Waals surface area (Å²) in [6, 6.07) is 0. The van der Waals surface area contributed by atoms with E-state index in [4.69, 9.17) is 0 Å². The summed E-state index contributed by atoms with van der Waals surface area (Å²) >= 11 is 0. The molecular formula is C7H14O. The Morgan fingerprint density at radius 3 is 1.25 bits per heavy atom. The molecule has 0 aromatic carbocycles. The van der Waals surface area contributed by atoms with Gasteiger partial charge in [0, 0.05) is 0 Å². The first-order valence-electron chi connectivity index (χ1n) is 3.45. The fourth-order valence-corrected chi connectivity index (χ4v) is 2.17. The second kappa shape index (κ2) is 2.06. The monoisotopic (exact) mass is 114 g/mol. The van der Waals surface area contributed by atoms with Crippen LogP contribution < -0.4 is 0 Å². The van der Waals surface area contributed by atoms with E-state index in [9.17, 15) is 0 Å². The van der Waals surface area contributed by atoms with Crippen LogP contribution in [0.5, 0.6) is 0 Å². The van der Waals surface area contributed by atoms with E-state index in [2.05, 4.69) is 0 Å². The van der Waals surface area contributed by atoms with E-state index in [0.29, 0.717) is 0 Å². The Kier molecular flexibility index (Phi) is 1.57. The second-order valence-electron chi connectivity index (χ2n) is 3.12. The number of rotatable bonds is 0. The number of fused-ring (bicyclic) bond motifs is 2. The molecule has 2 rings (SSSR count). The van der Waals surface area contributed by atoms with Crippen molar-refractivity contribution in [2.45, 2.75) is 32.1 Å². The maximum absolute atomic E-state index is 1.58. The van der Waals surface area contributed by atoms with E-state index >= 15 is 0 Å². The van der Waals surface area contributed by atoms with Crippen LogP contribution in [-0.4, -0.2) is 5.48 Å². The highest BCUT2D eigenvalue weighted by Crippen LogP contribution is 2.43. The van der Waals surface area contributed by atoms with E-state index in [-0.39, 0.29) is 5.48 Å². The summed E-state index contributed by atoms with van der Waals surface area (Å²) < 4.78 is 0. The van der Waals surface area contributed by atoms with Crippen molar-refractivity contribution in [2.24, 2.45) is 11.8 Å². The molecule has 2 aliphatic carbocycles. The third kappa shape index (κ3) is 0.752. The second-order valence-corrected chi connectivity index (χ2v) is 3.12. The van der Waals surface area contributed by atoms with Crippen molar-refractivity contribution in [3.05, 3.63) is 0 Å². The summed E-state index contributed by atoms with van der Waals surface area (Å²) in [7, 11) is 0. The molecule has 0 aromatic heterocycles. The van der Waals surface area contributed by atoms with Crippen LogP contribution in [0.3, 0.4) is 0 Å². The third-order valence-electron chi connectivity index (χ3n) is 2.63. The van der Waals surface area contributed by atoms with Crippen LogP contribution in [0.1, 0.15) is 32.1 Å². The minimum atomic E-state index is 0. The van der Waals surface area contributed by atoms with Crippen molar-refractivity contribution in [1.82, 2.24) is 0 Å². The molecule has 0 amide bonds. The van der Waals surface area contributed by atoms with Crippen LogP contribution in [0, 0.1) is 11.8 Å². The van der Waals surface area contributed by atoms with E-state index in [0.717, 1.165) is 0 Å². The van der Waals surface area contributed by atoms with Gasteiger partial charge in [-0.25, -0.2) is 0 Å². The highest BCUT2D eigenvalue weighted by atomic mass is 16.0. The zero-order chi connectivity index (χ0) is 4.69. The molecule has 2 fully saturated rings. The van der Waals surface area contributed by atoms with Gasteiger partial charge in [0.25, 0.3) is 0 Å². The molecule has 1 nitrogen and oxygen atoms in total. The number of hydrogen-bond acceptors (Lipinski definition) is 0. The fraction of sp³-hybridized carbons (Fsp3) is 1.00. The summed E-state index contributed by atoms with van der Waals surface area (Å²) in [6.07, 6.45) is 7.82. The zero-order valence-corrected chi connectivity index (χ0v) is 5.19. The molecular weight excluding hydrogens is 100 g/mol. The topological polar surface area (TPSA) is 31.5 Å². The molecule has 8 heavy (non-hydrogen) atoms. The third-order valence-corrected chi connectivity index (χ3v) is 2.63. The van der Waals surface area contributed by atoms with Crippen LogP contribution in [0.2, 0.25) is 0 Å². The van der Waals surface area contributed by atoms with Crippen LogP contribution in [0.4, 0.5) is 0 Å². The summed E-state index contributed by atoms with van der Waals surface area (Å²) in [4.78, 5) is 0. The molecule has 0 atom stereocenters. The van der Waals surface area contributed by atoms with Gasteiger partial charge in [0.05, 0.1) is 0 Å². The van der Waals surface area contributed by atoms with E-state index in [1.165, 1.54) is 11.8 Å². The molecule has 0 unspecified atom stereocenters. The Labute approximate surface area is 50.4 Å². The van der Waals surface area contributed by atoms with Crippen LogP contribution >= 0.6 is 0 Å². The van der Waals surface area contributed by atoms with Gasteiger partial charge in [-0.1, -0.05) is 25.7 Å². The lowest BCUT2D eigenvalue weighted by Crippen LogP contribution is -1.90. The largest absolute Gasteiger partial charge is 0.412 e. The van der Waals surface area contributed by atoms with E-state index in [1.807, 2.05) is 0 Å². The maximum atomic E-state index is 1.58. The van der Waals surface area contributed by atoms with Gasteiger partial charge in [0.15, 0.2) is 0 Å². The van der Waals surface area contributed by atoms with Gasteiger partial charge in [-0.15, -0.1) is 0 Å².